The minimum absolute atomic E-state index is 0. The molecule has 0 spiro atoms. The van der Waals surface area contributed by atoms with Crippen LogP contribution in [0.15, 0.2) is 0 Å². The van der Waals surface area contributed by atoms with Crippen molar-refractivity contribution < 1.29 is 37.3 Å². The molecule has 0 N–H and O–H groups in total. The maximum absolute atomic E-state index is 9.63. The summed E-state index contributed by atoms with van der Waals surface area (Å²) in [5.41, 5.74) is 0. The quantitative estimate of drug-likeness (QED) is 0.379. The van der Waals surface area contributed by atoms with E-state index in [9.17, 15) is 4.57 Å². The van der Waals surface area contributed by atoms with Gasteiger partial charge in [-0.1, -0.05) is 13.1 Å². The summed E-state index contributed by atoms with van der Waals surface area (Å²) in [6, 6.07) is 0. The van der Waals surface area contributed by atoms with Crippen LogP contribution in [0.4, 0.5) is 0 Å². The molecular weight excluding hydrogens is 184 g/mol. The maximum Gasteiger partial charge on any atom is 0.122 e. The van der Waals surface area contributed by atoms with E-state index in [1.54, 1.807) is 0 Å². The van der Waals surface area contributed by atoms with Crippen LogP contribution in [-0.4, -0.2) is 6.16 Å². The minimum Gasteiger partial charge on any atom is -0.318 e. The van der Waals surface area contributed by atoms with Gasteiger partial charge in [0.05, 0.1) is 0 Å². The van der Waals surface area contributed by atoms with E-state index in [1.807, 2.05) is 13.3 Å². The van der Waals surface area contributed by atoms with Gasteiger partial charge in [0.25, 0.3) is 0 Å². The molecule has 0 bridgehead atoms. The molecule has 0 aliphatic heterocycles. The Kier molecular flexibility index (Phi) is 16.2. The van der Waals surface area contributed by atoms with Gasteiger partial charge in [0, 0.05) is 32.7 Å². The molecule has 0 amide bonds. The largest absolute Gasteiger partial charge is 0.318 e. The van der Waals surface area contributed by atoms with Gasteiger partial charge in [-0.3, -0.25) is 4.57 Å². The van der Waals surface area contributed by atoms with E-state index in [0.29, 0.717) is 6.16 Å². The Labute approximate surface area is 71.3 Å². The molecule has 0 aromatic carbocycles. The van der Waals surface area contributed by atoms with Gasteiger partial charge >= 0.3 is 0 Å². The van der Waals surface area contributed by atoms with Crippen LogP contribution in [0.2, 0.25) is 0 Å². The molecule has 3 heteroatoms. The molecule has 0 saturated heterocycles. The van der Waals surface area contributed by atoms with Gasteiger partial charge in [-0.15, -0.1) is 0 Å². The second-order valence-electron chi connectivity index (χ2n) is 1.01. The van der Waals surface area contributed by atoms with Crippen LogP contribution in [0.3, 0.4) is 0 Å². The zero-order valence-corrected chi connectivity index (χ0v) is 8.16. The van der Waals surface area contributed by atoms with Crippen LogP contribution < -0.4 is 0 Å². The summed E-state index contributed by atoms with van der Waals surface area (Å²) < 4.78 is 9.63. The number of hydrogen-bond acceptors (Lipinski definition) is 1. The summed E-state index contributed by atoms with van der Waals surface area (Å²) in [5.74, 6) is 0. The maximum atomic E-state index is 9.63. The zero-order valence-electron chi connectivity index (χ0n) is 4.42. The molecule has 0 heterocycles. The average Bonchev–Trinajstić information content (AvgIpc) is 1.61. The van der Waals surface area contributed by atoms with Crippen molar-refractivity contribution in [3.05, 3.63) is 6.42 Å². The van der Waals surface area contributed by atoms with E-state index in [4.69, 9.17) is 0 Å². The molecule has 1 radical (unpaired) electrons. The van der Waals surface area contributed by atoms with Crippen molar-refractivity contribution in [2.24, 2.45) is 0 Å². The van der Waals surface area contributed by atoms with Crippen LogP contribution >= 0.6 is 8.46 Å². The smallest absolute Gasteiger partial charge is 0.122 e. The summed E-state index contributed by atoms with van der Waals surface area (Å²) in [6.45, 7) is 2.03. The molecule has 0 atom stereocenters. The van der Waals surface area contributed by atoms with E-state index in [0.717, 1.165) is 6.42 Å². The Hall–Kier alpha value is 1.20. The predicted molar refractivity (Wildman–Crippen MR) is 27.1 cm³/mol. The van der Waals surface area contributed by atoms with Crippen LogP contribution in [0.1, 0.15) is 13.3 Å². The molecule has 1 nitrogen and oxygen atoms in total. The molecule has 0 aliphatic carbocycles. The third-order valence-corrected chi connectivity index (χ3v) is 0.900. The molecular formula is C4H8OPY-. The molecule has 7 heavy (non-hydrogen) atoms. The van der Waals surface area contributed by atoms with E-state index < -0.39 is 0 Å². The Morgan fingerprint density at radius 3 is 2.43 bits per heavy atom. The summed E-state index contributed by atoms with van der Waals surface area (Å²) in [6.07, 6.45) is 3.71. The van der Waals surface area contributed by atoms with Gasteiger partial charge < -0.3 is 6.42 Å². The summed E-state index contributed by atoms with van der Waals surface area (Å²) in [5, 5.41) is 0. The molecule has 0 aromatic rings. The molecule has 0 aromatic heterocycles. The third-order valence-electron chi connectivity index (χ3n) is 0.492. The number of unbranched alkanes of at least 4 members (excludes halogenated alkanes) is 1. The Morgan fingerprint density at radius 1 is 1.71 bits per heavy atom. The van der Waals surface area contributed by atoms with Gasteiger partial charge in [-0.2, -0.15) is 6.42 Å². The van der Waals surface area contributed by atoms with Crippen LogP contribution in [0.5, 0.6) is 0 Å². The van der Waals surface area contributed by atoms with Crippen LogP contribution in [0.25, 0.3) is 0 Å². The van der Waals surface area contributed by atoms with Crippen molar-refractivity contribution in [2.75, 3.05) is 6.16 Å². The second kappa shape index (κ2) is 10.2. The normalized spacial score (nSPS) is 8.14. The second-order valence-corrected chi connectivity index (χ2v) is 1.63. The molecule has 0 rings (SSSR count). The van der Waals surface area contributed by atoms with E-state index in [1.165, 1.54) is 0 Å². The average molecular weight is 192 g/mol. The van der Waals surface area contributed by atoms with Crippen molar-refractivity contribution in [2.45, 2.75) is 13.3 Å². The summed E-state index contributed by atoms with van der Waals surface area (Å²) >= 11 is 0. The molecule has 0 saturated carbocycles. The SMILES string of the molecule is CC[CH-]CP=O.[Y]. The van der Waals surface area contributed by atoms with Crippen molar-refractivity contribution in [3.63, 3.8) is 0 Å². The van der Waals surface area contributed by atoms with Crippen molar-refractivity contribution in [1.82, 2.24) is 0 Å². The van der Waals surface area contributed by atoms with Crippen molar-refractivity contribution in [1.29, 1.82) is 0 Å². The van der Waals surface area contributed by atoms with Crippen molar-refractivity contribution >= 4 is 8.46 Å². The van der Waals surface area contributed by atoms with Gasteiger partial charge in [0.2, 0.25) is 0 Å². The molecule has 0 aliphatic rings. The summed E-state index contributed by atoms with van der Waals surface area (Å²) in [7, 11) is 0.240. The number of rotatable bonds is 3. The van der Waals surface area contributed by atoms with Gasteiger partial charge in [0.1, 0.15) is 8.46 Å². The van der Waals surface area contributed by atoms with Crippen molar-refractivity contribution in [3.8, 4) is 0 Å². The first-order chi connectivity index (χ1) is 2.91. The molecule has 0 unspecified atom stereocenters. The fourth-order valence-electron chi connectivity index (χ4n) is 0.182. The predicted octanol–water partition coefficient (Wildman–Crippen LogP) is 1.89. The molecule has 0 fully saturated rings. The first kappa shape index (κ1) is 11.1. The van der Waals surface area contributed by atoms with Gasteiger partial charge in [-0.05, 0) is 0 Å². The first-order valence-electron chi connectivity index (χ1n) is 2.02. The fourth-order valence-corrected chi connectivity index (χ4v) is 0.545. The minimum atomic E-state index is 0. The fraction of sp³-hybridized carbons (Fsp3) is 0.750. The van der Waals surface area contributed by atoms with E-state index in [-0.39, 0.29) is 41.2 Å². The Balaban J connectivity index is 0. The first-order valence-corrected chi connectivity index (χ1v) is 3.02. The van der Waals surface area contributed by atoms with E-state index >= 15 is 0 Å². The van der Waals surface area contributed by atoms with E-state index in [2.05, 4.69) is 0 Å². The topological polar surface area (TPSA) is 17.1 Å². The standard InChI is InChI=1S/C4H8OP.Y/c1-2-3-4-6-5;/h3H,2,4H2,1H3;/q-1;. The molecule has 39 valence electrons. The zero-order chi connectivity index (χ0) is 4.83. The van der Waals surface area contributed by atoms with Crippen LogP contribution in [-0.2, 0) is 37.3 Å². The van der Waals surface area contributed by atoms with Gasteiger partial charge in [0.15, 0.2) is 0 Å². The monoisotopic (exact) mass is 192 g/mol. The Morgan fingerprint density at radius 2 is 2.29 bits per heavy atom. The Bertz CT molecular complexity index is 40.7. The number of hydrogen-bond donors (Lipinski definition) is 0. The van der Waals surface area contributed by atoms with Gasteiger partial charge in [-0.25, -0.2) is 0 Å². The third kappa shape index (κ3) is 11.0. The summed E-state index contributed by atoms with van der Waals surface area (Å²) in [4.78, 5) is 0. The van der Waals surface area contributed by atoms with Crippen LogP contribution in [0, 0.1) is 6.42 Å².